The topological polar surface area (TPSA) is 149 Å². The molecule has 0 saturated heterocycles. The van der Waals surface area contributed by atoms with Gasteiger partial charge in [0.15, 0.2) is 0 Å². The number of nitrogens with one attached hydrogen (secondary N) is 2. The summed E-state index contributed by atoms with van der Waals surface area (Å²) in [4.78, 5) is 46.8. The molecule has 1 amide bonds. The predicted molar refractivity (Wildman–Crippen MR) is 102 cm³/mol. The molecule has 0 unspecified atom stereocenters. The molecule has 0 aliphatic heterocycles. The first-order valence-electron chi connectivity index (χ1n) is 8.82. The largest absolute Gasteiger partial charge is 0.469 e. The third-order valence-electron chi connectivity index (χ3n) is 4.48. The maximum absolute atomic E-state index is 13.0. The molecule has 11 nitrogen and oxygen atoms in total. The summed E-state index contributed by atoms with van der Waals surface area (Å²) >= 11 is 0. The summed E-state index contributed by atoms with van der Waals surface area (Å²) in [5.74, 6) is -0.840. The first-order valence-corrected chi connectivity index (χ1v) is 8.82. The molecule has 29 heavy (non-hydrogen) atoms. The number of benzene rings is 1. The van der Waals surface area contributed by atoms with E-state index in [1.54, 1.807) is 6.92 Å². The van der Waals surface area contributed by atoms with Gasteiger partial charge in [-0.3, -0.25) is 29.6 Å². The highest BCUT2D eigenvalue weighted by molar-refractivity contribution is 6.00. The number of amides is 1. The lowest BCUT2D eigenvalue weighted by molar-refractivity contribution is -0.384. The molecule has 1 aromatic carbocycles. The normalized spacial score (nSPS) is 13.8. The van der Waals surface area contributed by atoms with Crippen molar-refractivity contribution in [2.75, 3.05) is 7.11 Å². The van der Waals surface area contributed by atoms with Gasteiger partial charge in [-0.25, -0.2) is 10.1 Å². The number of aromatic nitrogens is 2. The number of nitro groups is 1. The van der Waals surface area contributed by atoms with Crippen molar-refractivity contribution in [3.05, 3.63) is 56.0 Å². The van der Waals surface area contributed by atoms with E-state index in [1.165, 1.54) is 31.4 Å². The third-order valence-corrected chi connectivity index (χ3v) is 4.48. The molecule has 11 heteroatoms. The van der Waals surface area contributed by atoms with Crippen molar-refractivity contribution in [1.29, 1.82) is 0 Å². The zero-order chi connectivity index (χ0) is 21.1. The maximum atomic E-state index is 13.0. The molecule has 0 bridgehead atoms. The summed E-state index contributed by atoms with van der Waals surface area (Å²) in [7, 11) is 1.23. The van der Waals surface area contributed by atoms with E-state index in [4.69, 9.17) is 0 Å². The lowest BCUT2D eigenvalue weighted by Gasteiger charge is -2.02. The number of rotatable bonds is 7. The molecule has 0 radical (unpaired) electrons. The van der Waals surface area contributed by atoms with Crippen molar-refractivity contribution < 1.29 is 19.2 Å². The van der Waals surface area contributed by atoms with E-state index in [-0.39, 0.29) is 40.9 Å². The summed E-state index contributed by atoms with van der Waals surface area (Å²) in [6, 6.07) is 5.34. The Morgan fingerprint density at radius 1 is 1.34 bits per heavy atom. The van der Waals surface area contributed by atoms with Crippen LogP contribution in [-0.4, -0.2) is 39.4 Å². The Morgan fingerprint density at radius 2 is 2.00 bits per heavy atom. The van der Waals surface area contributed by atoms with Gasteiger partial charge in [0.05, 0.1) is 41.1 Å². The summed E-state index contributed by atoms with van der Waals surface area (Å²) in [5.41, 5.74) is 2.72. The van der Waals surface area contributed by atoms with E-state index in [1.807, 2.05) is 0 Å². The Morgan fingerprint density at radius 3 is 2.55 bits per heavy atom. The second-order valence-corrected chi connectivity index (χ2v) is 6.58. The predicted octanol–water partition coefficient (Wildman–Crippen LogP) is 1.04. The lowest BCUT2D eigenvalue weighted by atomic mass is 10.1. The van der Waals surface area contributed by atoms with Crippen molar-refractivity contribution >= 4 is 23.3 Å². The van der Waals surface area contributed by atoms with E-state index in [0.29, 0.717) is 5.69 Å². The van der Waals surface area contributed by atoms with Crippen LogP contribution in [0.1, 0.15) is 31.0 Å². The Hall–Kier alpha value is -3.76. The van der Waals surface area contributed by atoms with Crippen LogP contribution < -0.4 is 11.0 Å². The number of carbonyl (C=O) groups is 2. The van der Waals surface area contributed by atoms with Gasteiger partial charge >= 0.3 is 5.97 Å². The van der Waals surface area contributed by atoms with Gasteiger partial charge in [-0.2, -0.15) is 5.10 Å². The van der Waals surface area contributed by atoms with Crippen LogP contribution in [0, 0.1) is 16.0 Å². The molecule has 2 N–H and O–H groups in total. The SMILES string of the molecule is COC(=O)Cc1[nH]n(-c2ccc([N+](=O)[O-])cc2)c(=O)c1/C(C)=N/NC(=O)C1CC1. The molecule has 2 aromatic rings. The van der Waals surface area contributed by atoms with Crippen LogP contribution in [0.5, 0.6) is 0 Å². The fourth-order valence-electron chi connectivity index (χ4n) is 2.74. The average Bonchev–Trinajstić information content (AvgIpc) is 3.50. The van der Waals surface area contributed by atoms with Gasteiger partial charge in [0, 0.05) is 18.1 Å². The first-order chi connectivity index (χ1) is 13.8. The van der Waals surface area contributed by atoms with Crippen LogP contribution >= 0.6 is 0 Å². The van der Waals surface area contributed by atoms with Gasteiger partial charge in [-0.1, -0.05) is 0 Å². The van der Waals surface area contributed by atoms with E-state index in [2.05, 4.69) is 20.4 Å². The number of nitro benzene ring substituents is 1. The first kappa shape index (κ1) is 20.0. The third kappa shape index (κ3) is 4.39. The summed E-state index contributed by atoms with van der Waals surface area (Å²) in [5, 5.41) is 17.6. The highest BCUT2D eigenvalue weighted by atomic mass is 16.6. The van der Waals surface area contributed by atoms with Crippen LogP contribution in [0.3, 0.4) is 0 Å². The minimum Gasteiger partial charge on any atom is -0.469 e. The number of hydrogen-bond donors (Lipinski definition) is 2. The van der Waals surface area contributed by atoms with E-state index < -0.39 is 16.5 Å². The molecule has 1 heterocycles. The molecule has 0 atom stereocenters. The van der Waals surface area contributed by atoms with E-state index in [9.17, 15) is 24.5 Å². The van der Waals surface area contributed by atoms with Gasteiger partial charge in [-0.15, -0.1) is 0 Å². The number of non-ortho nitro benzene ring substituents is 1. The summed E-state index contributed by atoms with van der Waals surface area (Å²) in [6.07, 6.45) is 1.40. The van der Waals surface area contributed by atoms with Crippen molar-refractivity contribution in [1.82, 2.24) is 15.2 Å². The van der Waals surface area contributed by atoms with E-state index >= 15 is 0 Å². The van der Waals surface area contributed by atoms with E-state index in [0.717, 1.165) is 17.5 Å². The van der Waals surface area contributed by atoms with Crippen molar-refractivity contribution in [3.63, 3.8) is 0 Å². The summed E-state index contributed by atoms with van der Waals surface area (Å²) in [6.45, 7) is 1.54. The number of ether oxygens (including phenoxy) is 1. The van der Waals surface area contributed by atoms with Crippen LogP contribution in [0.4, 0.5) is 5.69 Å². The van der Waals surface area contributed by atoms with Gasteiger partial charge in [0.25, 0.3) is 11.2 Å². The summed E-state index contributed by atoms with van der Waals surface area (Å²) < 4.78 is 5.82. The van der Waals surface area contributed by atoms with Gasteiger partial charge < -0.3 is 4.74 Å². The van der Waals surface area contributed by atoms with Crippen LogP contribution in [0.2, 0.25) is 0 Å². The Balaban J connectivity index is 1.99. The smallest absolute Gasteiger partial charge is 0.311 e. The van der Waals surface area contributed by atoms with Crippen LogP contribution in [0.25, 0.3) is 5.69 Å². The van der Waals surface area contributed by atoms with Gasteiger partial charge in [-0.05, 0) is 31.9 Å². The molecule has 3 rings (SSSR count). The quantitative estimate of drug-likeness (QED) is 0.306. The Kier molecular flexibility index (Phi) is 5.57. The minimum atomic E-state index is -0.571. The number of H-pyrrole nitrogens is 1. The monoisotopic (exact) mass is 401 g/mol. The maximum Gasteiger partial charge on any atom is 0.311 e. The van der Waals surface area contributed by atoms with Crippen molar-refractivity contribution in [2.24, 2.45) is 11.0 Å². The van der Waals surface area contributed by atoms with Crippen molar-refractivity contribution in [2.45, 2.75) is 26.2 Å². The van der Waals surface area contributed by atoms with Crippen LogP contribution in [-0.2, 0) is 20.7 Å². The number of aromatic amines is 1. The Bertz CT molecular complexity index is 1050. The standard InChI is InChI=1S/C18H19N5O6/c1-10(19-20-17(25)11-3-4-11)16-14(9-15(24)29-2)21-22(18(16)26)12-5-7-13(8-6-12)23(27)28/h5-8,11,21H,3-4,9H2,1-2H3,(H,20,25)/b19-10+. The fraction of sp³-hybridized carbons (Fsp3) is 0.333. The second kappa shape index (κ2) is 8.09. The highest BCUT2D eigenvalue weighted by Crippen LogP contribution is 2.28. The zero-order valence-electron chi connectivity index (χ0n) is 15.8. The molecular formula is C18H19N5O6. The molecule has 1 fully saturated rings. The molecule has 1 aliphatic carbocycles. The molecule has 1 aliphatic rings. The molecule has 152 valence electrons. The van der Waals surface area contributed by atoms with Crippen molar-refractivity contribution in [3.8, 4) is 5.69 Å². The number of hydrazone groups is 1. The number of nitrogens with zero attached hydrogens (tertiary/aromatic N) is 3. The fourth-order valence-corrected chi connectivity index (χ4v) is 2.74. The lowest BCUT2D eigenvalue weighted by Crippen LogP contribution is -2.24. The highest BCUT2D eigenvalue weighted by Gasteiger charge is 2.29. The average molecular weight is 401 g/mol. The molecular weight excluding hydrogens is 382 g/mol. The number of carbonyl (C=O) groups excluding carboxylic acids is 2. The minimum absolute atomic E-state index is 0.0518. The number of hydrogen-bond acceptors (Lipinski definition) is 7. The van der Waals surface area contributed by atoms with Crippen LogP contribution in [0.15, 0.2) is 34.2 Å². The second-order valence-electron chi connectivity index (χ2n) is 6.58. The Labute approximate surface area is 164 Å². The number of esters is 1. The zero-order valence-corrected chi connectivity index (χ0v) is 15.8. The molecule has 1 saturated carbocycles. The van der Waals surface area contributed by atoms with Gasteiger partial charge in [0.1, 0.15) is 0 Å². The van der Waals surface area contributed by atoms with Gasteiger partial charge in [0.2, 0.25) is 5.91 Å². The molecule has 1 aromatic heterocycles. The molecule has 0 spiro atoms. The number of methoxy groups -OCH3 is 1.